The minimum Gasteiger partial charge on any atom is -0.496 e. The number of pyridine rings is 1. The van der Waals surface area contributed by atoms with Gasteiger partial charge < -0.3 is 4.74 Å². The normalized spacial score (nSPS) is 16.8. The van der Waals surface area contributed by atoms with Crippen LogP contribution in [0.15, 0.2) is 48.4 Å². The molecule has 0 saturated heterocycles. The molecular weight excluding hydrogens is 238 g/mol. The highest BCUT2D eigenvalue weighted by Crippen LogP contribution is 2.29. The molecule has 2 heterocycles. The zero-order chi connectivity index (χ0) is 13.1. The van der Waals surface area contributed by atoms with Gasteiger partial charge in [-0.25, -0.2) is 5.43 Å². The summed E-state index contributed by atoms with van der Waals surface area (Å²) in [5.74, 6) is 6.64. The first kappa shape index (κ1) is 12.1. The fourth-order valence-corrected chi connectivity index (χ4v) is 2.48. The van der Waals surface area contributed by atoms with E-state index in [0.29, 0.717) is 0 Å². The van der Waals surface area contributed by atoms with Gasteiger partial charge in [-0.1, -0.05) is 18.2 Å². The van der Waals surface area contributed by atoms with Crippen LogP contribution in [0.3, 0.4) is 0 Å². The van der Waals surface area contributed by atoms with Crippen LogP contribution in [0.25, 0.3) is 10.9 Å². The molecule has 19 heavy (non-hydrogen) atoms. The number of allylic oxidation sites excluding steroid dienone is 1. The highest BCUT2D eigenvalue weighted by atomic mass is 16.5. The number of rotatable bonds is 3. The number of hydrogen-bond donors (Lipinski definition) is 2. The van der Waals surface area contributed by atoms with E-state index in [-0.39, 0.29) is 6.04 Å². The van der Waals surface area contributed by atoms with E-state index in [4.69, 9.17) is 10.6 Å². The van der Waals surface area contributed by atoms with Gasteiger partial charge in [-0.15, -0.1) is 0 Å². The molecule has 1 aromatic heterocycles. The Hall–Kier alpha value is -1.91. The number of ether oxygens (including phenoxy) is 1. The maximum Gasteiger partial charge on any atom is 0.115 e. The molecule has 1 aromatic carbocycles. The number of aromatic nitrogens is 1. The molecule has 4 nitrogen and oxygen atoms in total. The molecule has 98 valence electrons. The van der Waals surface area contributed by atoms with E-state index >= 15 is 0 Å². The Morgan fingerprint density at radius 1 is 1.26 bits per heavy atom. The van der Waals surface area contributed by atoms with Crippen LogP contribution in [-0.2, 0) is 4.74 Å². The van der Waals surface area contributed by atoms with Crippen molar-refractivity contribution in [1.82, 2.24) is 10.4 Å². The van der Waals surface area contributed by atoms with Gasteiger partial charge in [-0.2, -0.15) is 0 Å². The second-order valence-electron chi connectivity index (χ2n) is 4.61. The second-order valence-corrected chi connectivity index (χ2v) is 4.61. The zero-order valence-corrected chi connectivity index (χ0v) is 10.7. The SMILES string of the molecule is NNC(C1=CCCCO1)c1cccc2ncccc12. The lowest BCUT2D eigenvalue weighted by atomic mass is 9.99. The van der Waals surface area contributed by atoms with Gasteiger partial charge in [0.05, 0.1) is 12.1 Å². The summed E-state index contributed by atoms with van der Waals surface area (Å²) in [6.07, 6.45) is 6.02. The standard InChI is InChI=1S/C15H17N3O/c16-18-15(14-8-1-2-10-19-14)12-5-3-7-13-11(12)6-4-9-17-13/h3-9,15,18H,1-2,10,16H2. The van der Waals surface area contributed by atoms with E-state index in [9.17, 15) is 0 Å². The number of benzene rings is 1. The van der Waals surface area contributed by atoms with E-state index in [1.165, 1.54) is 0 Å². The summed E-state index contributed by atoms with van der Waals surface area (Å²) in [5.41, 5.74) is 4.93. The lowest BCUT2D eigenvalue weighted by molar-refractivity contribution is 0.168. The van der Waals surface area contributed by atoms with Crippen LogP contribution in [0, 0.1) is 0 Å². The summed E-state index contributed by atoms with van der Waals surface area (Å²) in [5, 5.41) is 1.10. The Balaban J connectivity index is 2.08. The van der Waals surface area contributed by atoms with Crippen molar-refractivity contribution < 1.29 is 4.74 Å². The second kappa shape index (κ2) is 5.38. The predicted molar refractivity (Wildman–Crippen MR) is 75.1 cm³/mol. The molecule has 0 aliphatic carbocycles. The molecule has 1 aliphatic rings. The molecular formula is C15H17N3O. The van der Waals surface area contributed by atoms with Crippen LogP contribution in [-0.4, -0.2) is 11.6 Å². The van der Waals surface area contributed by atoms with Crippen LogP contribution in [0.4, 0.5) is 0 Å². The largest absolute Gasteiger partial charge is 0.496 e. The van der Waals surface area contributed by atoms with Crippen molar-refractivity contribution in [3.63, 3.8) is 0 Å². The highest BCUT2D eigenvalue weighted by molar-refractivity contribution is 5.82. The summed E-state index contributed by atoms with van der Waals surface area (Å²) >= 11 is 0. The average molecular weight is 255 g/mol. The Kier molecular flexibility index (Phi) is 3.44. The summed E-state index contributed by atoms with van der Waals surface area (Å²) in [4.78, 5) is 4.37. The number of nitrogens with one attached hydrogen (secondary N) is 1. The van der Waals surface area contributed by atoms with Gasteiger partial charge in [-0.05, 0) is 36.6 Å². The Labute approximate surface area is 112 Å². The van der Waals surface area contributed by atoms with Crippen molar-refractivity contribution in [2.24, 2.45) is 5.84 Å². The molecule has 1 atom stereocenters. The Morgan fingerprint density at radius 3 is 3.00 bits per heavy atom. The minimum atomic E-state index is -0.117. The average Bonchev–Trinajstić information content (AvgIpc) is 2.49. The fourth-order valence-electron chi connectivity index (χ4n) is 2.48. The van der Waals surface area contributed by atoms with Crippen LogP contribution in [0.5, 0.6) is 0 Å². The third kappa shape index (κ3) is 2.32. The lowest BCUT2D eigenvalue weighted by Gasteiger charge is -2.24. The molecule has 3 rings (SSSR count). The molecule has 0 amide bonds. The number of nitrogens with two attached hydrogens (primary N) is 1. The van der Waals surface area contributed by atoms with Crippen LogP contribution < -0.4 is 11.3 Å². The van der Waals surface area contributed by atoms with Crippen molar-refractivity contribution in [3.05, 3.63) is 53.9 Å². The molecule has 4 heteroatoms. The van der Waals surface area contributed by atoms with Crippen molar-refractivity contribution in [2.45, 2.75) is 18.9 Å². The van der Waals surface area contributed by atoms with Gasteiger partial charge in [-0.3, -0.25) is 10.8 Å². The van der Waals surface area contributed by atoms with Crippen LogP contribution >= 0.6 is 0 Å². The maximum atomic E-state index is 5.74. The summed E-state index contributed by atoms with van der Waals surface area (Å²) in [6, 6.07) is 9.95. The molecule has 1 aliphatic heterocycles. The first-order valence-corrected chi connectivity index (χ1v) is 6.53. The monoisotopic (exact) mass is 255 g/mol. The number of hydrogen-bond acceptors (Lipinski definition) is 4. The first-order chi connectivity index (χ1) is 9.40. The summed E-state index contributed by atoms with van der Waals surface area (Å²) in [7, 11) is 0. The van der Waals surface area contributed by atoms with Gasteiger partial charge in [0.1, 0.15) is 11.8 Å². The third-order valence-electron chi connectivity index (χ3n) is 3.40. The molecule has 0 fully saturated rings. The predicted octanol–water partition coefficient (Wildman–Crippen LogP) is 2.43. The van der Waals surface area contributed by atoms with Gasteiger partial charge in [0, 0.05) is 11.6 Å². The number of fused-ring (bicyclic) bond motifs is 1. The van der Waals surface area contributed by atoms with Gasteiger partial charge in [0.15, 0.2) is 0 Å². The van der Waals surface area contributed by atoms with E-state index in [2.05, 4.69) is 28.6 Å². The van der Waals surface area contributed by atoms with Crippen molar-refractivity contribution in [2.75, 3.05) is 6.61 Å². The minimum absolute atomic E-state index is 0.117. The van der Waals surface area contributed by atoms with Gasteiger partial charge in [0.25, 0.3) is 0 Å². The van der Waals surface area contributed by atoms with E-state index in [0.717, 1.165) is 41.7 Å². The smallest absolute Gasteiger partial charge is 0.115 e. The van der Waals surface area contributed by atoms with Crippen LogP contribution in [0.2, 0.25) is 0 Å². The molecule has 3 N–H and O–H groups in total. The molecule has 2 aromatic rings. The van der Waals surface area contributed by atoms with Gasteiger partial charge in [0.2, 0.25) is 0 Å². The van der Waals surface area contributed by atoms with Crippen molar-refractivity contribution >= 4 is 10.9 Å². The molecule has 0 radical (unpaired) electrons. The van der Waals surface area contributed by atoms with Crippen molar-refractivity contribution in [3.8, 4) is 0 Å². The van der Waals surface area contributed by atoms with Crippen molar-refractivity contribution in [1.29, 1.82) is 0 Å². The fraction of sp³-hybridized carbons (Fsp3) is 0.267. The number of hydrazine groups is 1. The van der Waals surface area contributed by atoms with E-state index in [1.54, 1.807) is 6.20 Å². The molecule has 0 saturated carbocycles. The van der Waals surface area contributed by atoms with E-state index in [1.807, 2.05) is 18.2 Å². The highest BCUT2D eigenvalue weighted by Gasteiger charge is 2.20. The zero-order valence-electron chi connectivity index (χ0n) is 10.7. The lowest BCUT2D eigenvalue weighted by Crippen LogP contribution is -2.31. The summed E-state index contributed by atoms with van der Waals surface area (Å²) in [6.45, 7) is 0.757. The number of nitrogens with zero attached hydrogens (tertiary/aromatic N) is 1. The first-order valence-electron chi connectivity index (χ1n) is 6.53. The molecule has 1 unspecified atom stereocenters. The Morgan fingerprint density at radius 2 is 2.21 bits per heavy atom. The molecule has 0 bridgehead atoms. The third-order valence-corrected chi connectivity index (χ3v) is 3.40. The quantitative estimate of drug-likeness (QED) is 0.653. The maximum absolute atomic E-state index is 5.74. The van der Waals surface area contributed by atoms with Gasteiger partial charge >= 0.3 is 0 Å². The van der Waals surface area contributed by atoms with E-state index < -0.39 is 0 Å². The molecule has 0 spiro atoms. The Bertz CT molecular complexity index is 604. The topological polar surface area (TPSA) is 60.2 Å². The summed E-state index contributed by atoms with van der Waals surface area (Å²) < 4.78 is 5.73. The van der Waals surface area contributed by atoms with Crippen LogP contribution in [0.1, 0.15) is 24.4 Å².